The molecule has 0 bridgehead atoms. The van der Waals surface area contributed by atoms with Crippen molar-refractivity contribution in [2.45, 2.75) is 5.37 Å². The van der Waals surface area contributed by atoms with E-state index in [2.05, 4.69) is 27.2 Å². The lowest BCUT2D eigenvalue weighted by Gasteiger charge is -2.12. The van der Waals surface area contributed by atoms with E-state index in [9.17, 15) is 4.39 Å². The molecule has 2 aromatic heterocycles. The van der Waals surface area contributed by atoms with Gasteiger partial charge in [-0.2, -0.15) is 4.39 Å². The number of rotatable bonds is 4. The van der Waals surface area contributed by atoms with Crippen molar-refractivity contribution >= 4 is 17.4 Å². The third-order valence-electron chi connectivity index (χ3n) is 2.92. The minimum atomic E-state index is -0.501. The molecule has 1 aliphatic rings. The van der Waals surface area contributed by atoms with Crippen molar-refractivity contribution in [2.75, 3.05) is 5.32 Å². The minimum absolute atomic E-state index is 0.124. The summed E-state index contributed by atoms with van der Waals surface area (Å²) in [6, 6.07) is 6.86. The predicted molar refractivity (Wildman–Crippen MR) is 82.7 cm³/mol. The lowest BCUT2D eigenvalue weighted by atomic mass is 10.3. The van der Waals surface area contributed by atoms with Gasteiger partial charge in [0.05, 0.1) is 11.9 Å². The van der Waals surface area contributed by atoms with Crippen LogP contribution in [0.2, 0.25) is 0 Å². The van der Waals surface area contributed by atoms with Crippen molar-refractivity contribution in [1.82, 2.24) is 15.3 Å². The van der Waals surface area contributed by atoms with Gasteiger partial charge >= 0.3 is 0 Å². The number of thioether (sulfide) groups is 1. The molecule has 2 aromatic rings. The average molecular weight is 300 g/mol. The molecule has 4 nitrogen and oxygen atoms in total. The summed E-state index contributed by atoms with van der Waals surface area (Å²) in [6.45, 7) is 4.01. The van der Waals surface area contributed by atoms with Crippen LogP contribution < -0.4 is 10.6 Å². The fourth-order valence-corrected chi connectivity index (χ4v) is 2.88. The third kappa shape index (κ3) is 3.22. The molecule has 1 unspecified atom stereocenters. The standard InChI is InChI=1S/C15H13FN4S/c1-10(20-12-4-5-14(16)18-8-12)13-9-19-15(21-13)11-3-2-6-17-7-11/h2-9,15,19-20H,1H2. The van der Waals surface area contributed by atoms with Crippen molar-refractivity contribution in [3.8, 4) is 0 Å². The van der Waals surface area contributed by atoms with Crippen LogP contribution in [0.15, 0.2) is 66.2 Å². The quantitative estimate of drug-likeness (QED) is 0.847. The van der Waals surface area contributed by atoms with Crippen LogP contribution in [-0.2, 0) is 0 Å². The van der Waals surface area contributed by atoms with E-state index < -0.39 is 5.95 Å². The second-order valence-corrected chi connectivity index (χ2v) is 5.58. The largest absolute Gasteiger partial charge is 0.374 e. The molecule has 3 rings (SSSR count). The van der Waals surface area contributed by atoms with Gasteiger partial charge in [-0.1, -0.05) is 24.4 Å². The lowest BCUT2D eigenvalue weighted by molar-refractivity contribution is 0.584. The van der Waals surface area contributed by atoms with Crippen molar-refractivity contribution in [1.29, 1.82) is 0 Å². The first-order valence-electron chi connectivity index (χ1n) is 6.33. The van der Waals surface area contributed by atoms with Crippen LogP contribution in [0.1, 0.15) is 10.9 Å². The van der Waals surface area contributed by atoms with Gasteiger partial charge in [-0.25, -0.2) is 4.98 Å². The molecule has 1 atom stereocenters. The molecule has 21 heavy (non-hydrogen) atoms. The first-order chi connectivity index (χ1) is 10.2. The van der Waals surface area contributed by atoms with Gasteiger partial charge in [0, 0.05) is 34.8 Å². The maximum Gasteiger partial charge on any atom is 0.212 e. The summed E-state index contributed by atoms with van der Waals surface area (Å²) in [4.78, 5) is 8.71. The molecule has 6 heteroatoms. The summed E-state index contributed by atoms with van der Waals surface area (Å²) in [5.41, 5.74) is 2.55. The van der Waals surface area contributed by atoms with Crippen LogP contribution in [0, 0.1) is 5.95 Å². The Morgan fingerprint density at radius 2 is 2.24 bits per heavy atom. The Morgan fingerprint density at radius 1 is 1.33 bits per heavy atom. The maximum absolute atomic E-state index is 12.8. The van der Waals surface area contributed by atoms with E-state index >= 15 is 0 Å². The zero-order chi connectivity index (χ0) is 14.7. The second kappa shape index (κ2) is 5.97. The molecule has 0 spiro atoms. The average Bonchev–Trinajstić information content (AvgIpc) is 3.00. The summed E-state index contributed by atoms with van der Waals surface area (Å²) in [5.74, 6) is -0.501. The topological polar surface area (TPSA) is 49.8 Å². The molecule has 0 aromatic carbocycles. The highest BCUT2D eigenvalue weighted by molar-refractivity contribution is 8.03. The molecular formula is C15H13FN4S. The molecule has 0 saturated carbocycles. The van der Waals surface area contributed by atoms with Gasteiger partial charge in [-0.05, 0) is 18.2 Å². The Morgan fingerprint density at radius 3 is 2.95 bits per heavy atom. The maximum atomic E-state index is 12.8. The molecule has 3 heterocycles. The van der Waals surface area contributed by atoms with Crippen molar-refractivity contribution < 1.29 is 4.39 Å². The molecule has 1 aliphatic heterocycles. The van der Waals surface area contributed by atoms with E-state index in [1.54, 1.807) is 24.0 Å². The number of hydrogen-bond donors (Lipinski definition) is 2. The fraction of sp³-hybridized carbons (Fsp3) is 0.0667. The zero-order valence-electron chi connectivity index (χ0n) is 11.1. The van der Waals surface area contributed by atoms with E-state index in [1.165, 1.54) is 12.3 Å². The second-order valence-electron chi connectivity index (χ2n) is 4.43. The number of aromatic nitrogens is 2. The van der Waals surface area contributed by atoms with Crippen molar-refractivity contribution in [3.63, 3.8) is 0 Å². The normalized spacial score (nSPS) is 17.0. The van der Waals surface area contributed by atoms with Crippen molar-refractivity contribution in [3.05, 3.63) is 77.7 Å². The van der Waals surface area contributed by atoms with Crippen LogP contribution in [-0.4, -0.2) is 9.97 Å². The summed E-state index contributed by atoms with van der Waals surface area (Å²) in [7, 11) is 0. The highest BCUT2D eigenvalue weighted by Crippen LogP contribution is 2.39. The fourth-order valence-electron chi connectivity index (χ4n) is 1.89. The summed E-state index contributed by atoms with van der Waals surface area (Å²) in [6.07, 6.45) is 6.93. The molecule has 0 fully saturated rings. The van der Waals surface area contributed by atoms with Gasteiger partial charge in [0.25, 0.3) is 0 Å². The number of hydrogen-bond acceptors (Lipinski definition) is 5. The third-order valence-corrected chi connectivity index (χ3v) is 4.18. The number of nitrogens with zero attached hydrogens (tertiary/aromatic N) is 2. The predicted octanol–water partition coefficient (Wildman–Crippen LogP) is 3.42. The van der Waals surface area contributed by atoms with Crippen molar-refractivity contribution in [2.24, 2.45) is 0 Å². The Kier molecular flexibility index (Phi) is 3.87. The molecular weight excluding hydrogens is 287 g/mol. The van der Waals surface area contributed by atoms with E-state index in [0.717, 1.165) is 16.2 Å². The molecule has 2 N–H and O–H groups in total. The molecule has 0 amide bonds. The van der Waals surface area contributed by atoms with Gasteiger partial charge in [0.2, 0.25) is 5.95 Å². The van der Waals surface area contributed by atoms with Crippen LogP contribution in [0.5, 0.6) is 0 Å². The smallest absolute Gasteiger partial charge is 0.212 e. The first kappa shape index (κ1) is 13.6. The van der Waals surface area contributed by atoms with Crippen LogP contribution in [0.3, 0.4) is 0 Å². The lowest BCUT2D eigenvalue weighted by Crippen LogP contribution is -2.06. The van der Waals surface area contributed by atoms with Crippen LogP contribution >= 0.6 is 11.8 Å². The summed E-state index contributed by atoms with van der Waals surface area (Å²) in [5, 5.41) is 6.52. The Bertz CT molecular complexity index is 670. The first-order valence-corrected chi connectivity index (χ1v) is 7.21. The molecule has 0 aliphatic carbocycles. The SMILES string of the molecule is C=C(Nc1ccc(F)nc1)C1=CNC(c2cccnc2)S1. The number of anilines is 1. The summed E-state index contributed by atoms with van der Waals surface area (Å²) >= 11 is 1.65. The van der Waals surface area contributed by atoms with E-state index in [-0.39, 0.29) is 5.37 Å². The van der Waals surface area contributed by atoms with Gasteiger partial charge in [-0.15, -0.1) is 0 Å². The van der Waals surface area contributed by atoms with Crippen LogP contribution in [0.25, 0.3) is 0 Å². The number of pyridine rings is 2. The van der Waals surface area contributed by atoms with Gasteiger partial charge in [0.15, 0.2) is 0 Å². The number of nitrogens with one attached hydrogen (secondary N) is 2. The molecule has 106 valence electrons. The Hall–Kier alpha value is -2.34. The van der Waals surface area contributed by atoms with Crippen LogP contribution in [0.4, 0.5) is 10.1 Å². The van der Waals surface area contributed by atoms with Gasteiger partial charge in [-0.3, -0.25) is 4.98 Å². The summed E-state index contributed by atoms with van der Waals surface area (Å²) < 4.78 is 12.8. The Labute approximate surface area is 126 Å². The number of halogens is 1. The van der Waals surface area contributed by atoms with E-state index in [0.29, 0.717) is 5.69 Å². The van der Waals surface area contributed by atoms with Gasteiger partial charge in [0.1, 0.15) is 5.37 Å². The van der Waals surface area contributed by atoms with E-state index in [1.807, 2.05) is 24.5 Å². The Balaban J connectivity index is 1.63. The zero-order valence-corrected chi connectivity index (χ0v) is 11.9. The monoisotopic (exact) mass is 300 g/mol. The van der Waals surface area contributed by atoms with E-state index in [4.69, 9.17) is 0 Å². The molecule has 0 radical (unpaired) electrons. The minimum Gasteiger partial charge on any atom is -0.374 e. The highest BCUT2D eigenvalue weighted by Gasteiger charge is 2.20. The molecule has 0 saturated heterocycles. The highest BCUT2D eigenvalue weighted by atomic mass is 32.2. The van der Waals surface area contributed by atoms with Gasteiger partial charge < -0.3 is 10.6 Å².